The summed E-state index contributed by atoms with van der Waals surface area (Å²) in [5.74, 6) is 0.730. The molecule has 52 heavy (non-hydrogen) atoms. The second-order valence-electron chi connectivity index (χ2n) is 14.5. The lowest BCUT2D eigenvalue weighted by Crippen LogP contribution is -2.47. The number of aryl methyl sites for hydroxylation is 1. The van der Waals surface area contributed by atoms with Crippen molar-refractivity contribution in [2.24, 2.45) is 11.1 Å². The second-order valence-corrected chi connectivity index (χ2v) is 15.0. The fraction of sp³-hybridized carbons (Fsp3) is 0.500. The van der Waals surface area contributed by atoms with Gasteiger partial charge in [0.1, 0.15) is 12.2 Å². The van der Waals surface area contributed by atoms with Crippen LogP contribution in [0.5, 0.6) is 11.5 Å². The van der Waals surface area contributed by atoms with E-state index in [1.54, 1.807) is 23.0 Å². The number of hydrogen-bond donors (Lipinski definition) is 2. The molecule has 3 aromatic rings. The summed E-state index contributed by atoms with van der Waals surface area (Å²) in [6.07, 6.45) is 2.55. The van der Waals surface area contributed by atoms with E-state index >= 15 is 0 Å². The van der Waals surface area contributed by atoms with Crippen molar-refractivity contribution in [2.75, 3.05) is 51.3 Å². The number of benzene rings is 3. The van der Waals surface area contributed by atoms with Gasteiger partial charge in [-0.2, -0.15) is 0 Å². The fourth-order valence-electron chi connectivity index (χ4n) is 6.66. The maximum Gasteiger partial charge on any atom is 0.256 e. The smallest absolute Gasteiger partial charge is 0.256 e. The molecule has 0 aromatic heterocycles. The third-order valence-electron chi connectivity index (χ3n) is 9.20. The second kappa shape index (κ2) is 20.4. The summed E-state index contributed by atoms with van der Waals surface area (Å²) >= 11 is 6.61. The zero-order valence-electron chi connectivity index (χ0n) is 30.8. The molecule has 2 unspecified atom stereocenters. The van der Waals surface area contributed by atoms with Gasteiger partial charge < -0.3 is 35.1 Å². The van der Waals surface area contributed by atoms with Gasteiger partial charge in [-0.05, 0) is 80.4 Å². The van der Waals surface area contributed by atoms with Gasteiger partial charge in [-0.15, -0.1) is 24.8 Å². The number of nitrogens with two attached hydrogens (primary N) is 1. The van der Waals surface area contributed by atoms with Crippen LogP contribution in [-0.2, 0) is 20.7 Å². The predicted octanol–water partition coefficient (Wildman–Crippen LogP) is 7.39. The molecule has 2 heterocycles. The number of carbonyl (C=O) groups is 2. The summed E-state index contributed by atoms with van der Waals surface area (Å²) in [6.45, 7) is 10.1. The summed E-state index contributed by atoms with van der Waals surface area (Å²) in [7, 11) is 1.61. The molecule has 2 aliphatic rings. The highest BCUT2D eigenvalue weighted by atomic mass is 35.5. The molecule has 3 aromatic carbocycles. The highest BCUT2D eigenvalue weighted by Crippen LogP contribution is 2.46. The molecule has 0 aliphatic carbocycles. The Kier molecular flexibility index (Phi) is 17.0. The average molecular weight is 778 g/mol. The third kappa shape index (κ3) is 11.7. The zero-order valence-corrected chi connectivity index (χ0v) is 33.2. The summed E-state index contributed by atoms with van der Waals surface area (Å²) in [5, 5.41) is 4.03. The monoisotopic (exact) mass is 776 g/mol. The molecule has 1 fully saturated rings. The van der Waals surface area contributed by atoms with Crippen molar-refractivity contribution in [2.45, 2.75) is 77.5 Å². The number of para-hydroxylation sites is 1. The number of carbonyl (C=O) groups excluding carboxylic acids is 2. The van der Waals surface area contributed by atoms with E-state index in [0.29, 0.717) is 54.0 Å². The van der Waals surface area contributed by atoms with Crippen molar-refractivity contribution >= 4 is 53.9 Å². The van der Waals surface area contributed by atoms with E-state index in [1.165, 1.54) is 5.56 Å². The zero-order chi connectivity index (χ0) is 35.7. The van der Waals surface area contributed by atoms with Crippen LogP contribution in [0.3, 0.4) is 0 Å². The van der Waals surface area contributed by atoms with Crippen molar-refractivity contribution < 1.29 is 23.8 Å². The lowest BCUT2D eigenvalue weighted by atomic mass is 9.94. The first-order valence-corrected chi connectivity index (χ1v) is 18.3. The van der Waals surface area contributed by atoms with Crippen LogP contribution in [0.4, 0.5) is 5.69 Å². The molecule has 0 spiro atoms. The SMILES string of the molecule is COc1c(OCCCNCCCc2ccccc2)cccc1C1OC(CC(=O)N2CCC(N)CC2)C(=O)N(CC(C)(C)C)c2ccc(Cl)cc21.Cl.Cl. The molecule has 2 atom stereocenters. The minimum Gasteiger partial charge on any atom is -0.492 e. The number of nitrogens with zero attached hydrogens (tertiary/aromatic N) is 2. The normalized spacial score (nSPS) is 17.8. The van der Waals surface area contributed by atoms with Gasteiger partial charge >= 0.3 is 0 Å². The number of piperidine rings is 1. The Bertz CT molecular complexity index is 1580. The summed E-state index contributed by atoms with van der Waals surface area (Å²) < 4.78 is 19.0. The van der Waals surface area contributed by atoms with Gasteiger partial charge in [-0.1, -0.05) is 74.8 Å². The maximum atomic E-state index is 14.4. The van der Waals surface area contributed by atoms with Crippen molar-refractivity contribution in [3.05, 3.63) is 88.4 Å². The lowest BCUT2D eigenvalue weighted by Gasteiger charge is -2.33. The summed E-state index contributed by atoms with van der Waals surface area (Å²) in [6, 6.07) is 21.8. The molecule has 5 rings (SSSR count). The number of ether oxygens (including phenoxy) is 3. The van der Waals surface area contributed by atoms with Crippen molar-refractivity contribution in [3.63, 3.8) is 0 Å². The number of halogens is 3. The van der Waals surface area contributed by atoms with Gasteiger partial charge in [0.25, 0.3) is 5.91 Å². The molecule has 2 amide bonds. The molecule has 9 nitrogen and oxygen atoms in total. The molecular formula is C40H55Cl3N4O5. The van der Waals surface area contributed by atoms with Crippen LogP contribution in [0, 0.1) is 5.41 Å². The molecular weight excluding hydrogens is 723 g/mol. The number of methoxy groups -OCH3 is 1. The van der Waals surface area contributed by atoms with Gasteiger partial charge in [0.05, 0.1) is 20.1 Å². The first-order valence-electron chi connectivity index (χ1n) is 17.9. The largest absolute Gasteiger partial charge is 0.492 e. The van der Waals surface area contributed by atoms with E-state index in [-0.39, 0.29) is 54.5 Å². The molecule has 286 valence electrons. The summed E-state index contributed by atoms with van der Waals surface area (Å²) in [4.78, 5) is 31.6. The Labute approximate surface area is 326 Å². The Balaban J connectivity index is 0.00000364. The van der Waals surface area contributed by atoms with Gasteiger partial charge in [-0.3, -0.25) is 9.59 Å². The first kappa shape index (κ1) is 43.4. The van der Waals surface area contributed by atoms with Crippen molar-refractivity contribution in [3.8, 4) is 11.5 Å². The topological polar surface area (TPSA) is 106 Å². The van der Waals surface area contributed by atoms with E-state index in [4.69, 9.17) is 31.5 Å². The quantitative estimate of drug-likeness (QED) is 0.165. The minimum atomic E-state index is -1.03. The molecule has 3 N–H and O–H groups in total. The van der Waals surface area contributed by atoms with Crippen LogP contribution in [0.2, 0.25) is 5.02 Å². The van der Waals surface area contributed by atoms with Crippen LogP contribution in [-0.4, -0.2) is 75.3 Å². The Morgan fingerprint density at radius 2 is 1.69 bits per heavy atom. The molecule has 0 saturated carbocycles. The molecule has 0 radical (unpaired) electrons. The third-order valence-corrected chi connectivity index (χ3v) is 9.44. The molecule has 1 saturated heterocycles. The fourth-order valence-corrected chi connectivity index (χ4v) is 6.84. The van der Waals surface area contributed by atoms with Gasteiger partial charge in [-0.25, -0.2) is 0 Å². The molecule has 2 aliphatic heterocycles. The van der Waals surface area contributed by atoms with E-state index in [2.05, 4.69) is 50.4 Å². The standard InChI is InChI=1S/C40H53ClN4O5.2ClH/c1-40(2,3)27-45-33-17-16-29(41)25-32(33)37(50-35(39(45)47)26-36(46)44-22-18-30(42)19-23-44)31-14-8-15-34(38(31)48-4)49-24-10-21-43-20-9-13-28-11-6-5-7-12-28;;/h5-8,11-12,14-17,25,30,35,37,43H,9-10,13,18-24,26-27,42H2,1-4H3;2*1H. The van der Waals surface area contributed by atoms with E-state index < -0.39 is 12.2 Å². The van der Waals surface area contributed by atoms with E-state index in [1.807, 2.05) is 36.4 Å². The van der Waals surface area contributed by atoms with Gasteiger partial charge in [0, 0.05) is 47.5 Å². The van der Waals surface area contributed by atoms with Crippen LogP contribution < -0.4 is 25.4 Å². The van der Waals surface area contributed by atoms with Crippen LogP contribution >= 0.6 is 36.4 Å². The Morgan fingerprint density at radius 1 is 0.981 bits per heavy atom. The number of likely N-dealkylation sites (tertiary alicyclic amines) is 1. The van der Waals surface area contributed by atoms with E-state index in [0.717, 1.165) is 50.8 Å². The number of anilines is 1. The number of rotatable bonds is 14. The first-order chi connectivity index (χ1) is 24.0. The minimum absolute atomic E-state index is 0. The van der Waals surface area contributed by atoms with Crippen molar-refractivity contribution in [1.29, 1.82) is 0 Å². The maximum absolute atomic E-state index is 14.4. The number of amides is 2. The van der Waals surface area contributed by atoms with Crippen LogP contribution in [0.25, 0.3) is 0 Å². The van der Waals surface area contributed by atoms with Crippen LogP contribution in [0.15, 0.2) is 66.7 Å². The highest BCUT2D eigenvalue weighted by Gasteiger charge is 2.41. The van der Waals surface area contributed by atoms with E-state index in [9.17, 15) is 9.59 Å². The average Bonchev–Trinajstić information content (AvgIpc) is 3.19. The lowest BCUT2D eigenvalue weighted by molar-refractivity contribution is -0.143. The highest BCUT2D eigenvalue weighted by molar-refractivity contribution is 6.30. The van der Waals surface area contributed by atoms with Gasteiger partial charge in [0.15, 0.2) is 11.5 Å². The predicted molar refractivity (Wildman–Crippen MR) is 214 cm³/mol. The van der Waals surface area contributed by atoms with Crippen LogP contribution in [0.1, 0.15) is 75.7 Å². The Morgan fingerprint density at radius 3 is 2.38 bits per heavy atom. The Hall–Kier alpha value is -3.05. The number of fused-ring (bicyclic) bond motifs is 1. The van der Waals surface area contributed by atoms with Gasteiger partial charge in [0.2, 0.25) is 5.91 Å². The van der Waals surface area contributed by atoms with Crippen molar-refractivity contribution in [1.82, 2.24) is 10.2 Å². The number of hydrogen-bond acceptors (Lipinski definition) is 7. The molecule has 12 heteroatoms. The summed E-state index contributed by atoms with van der Waals surface area (Å²) in [5.41, 5.74) is 9.35. The molecule has 0 bridgehead atoms. The number of nitrogens with one attached hydrogen (secondary N) is 1.